The zero-order valence-electron chi connectivity index (χ0n) is 18.0. The van der Waals surface area contributed by atoms with Gasteiger partial charge in [0.1, 0.15) is 0 Å². The van der Waals surface area contributed by atoms with E-state index in [0.29, 0.717) is 12.0 Å². The Morgan fingerprint density at radius 1 is 0.788 bits per heavy atom. The fraction of sp³-hybridized carbons (Fsp3) is 0.161. The molecule has 8 aliphatic carbocycles. The third-order valence-corrected chi connectivity index (χ3v) is 8.77. The van der Waals surface area contributed by atoms with Gasteiger partial charge >= 0.3 is 0 Å². The van der Waals surface area contributed by atoms with Gasteiger partial charge in [0.05, 0.1) is 5.41 Å². The van der Waals surface area contributed by atoms with Gasteiger partial charge in [-0.2, -0.15) is 0 Å². The molecule has 2 heteroatoms. The van der Waals surface area contributed by atoms with Gasteiger partial charge in [0.25, 0.3) is 0 Å². The van der Waals surface area contributed by atoms with E-state index in [9.17, 15) is 9.59 Å². The molecular weight excluding hydrogens is 404 g/mol. The first-order chi connectivity index (χ1) is 16.1. The van der Waals surface area contributed by atoms with Gasteiger partial charge in [0.2, 0.25) is 0 Å². The van der Waals surface area contributed by atoms with Crippen LogP contribution in [0.15, 0.2) is 107 Å². The standard InChI is InChI=1S/C31H20O2/c32-27-6-2-5-22-23-12-14-28-30(29(33)25(23)11-10-24(22)27)16-18-7-13-26-19(15-18)8-9-20-3-1-4-21(17-30)31(20,26)28/h1-15,26H,16-17H2/t26?,30-,31?/m0/s1. The molecule has 0 aliphatic heterocycles. The summed E-state index contributed by atoms with van der Waals surface area (Å²) < 4.78 is 0. The van der Waals surface area contributed by atoms with Gasteiger partial charge in [0, 0.05) is 22.5 Å². The van der Waals surface area contributed by atoms with Gasteiger partial charge < -0.3 is 0 Å². The van der Waals surface area contributed by atoms with Crippen molar-refractivity contribution in [2.24, 2.45) is 16.7 Å². The average molecular weight is 424 g/mol. The molecule has 1 aromatic rings. The first kappa shape index (κ1) is 17.7. The maximum absolute atomic E-state index is 14.6. The average Bonchev–Trinajstić information content (AvgIpc) is 3.09. The summed E-state index contributed by atoms with van der Waals surface area (Å²) in [6, 6.07) is 3.73. The number of ketones is 2. The van der Waals surface area contributed by atoms with Crippen molar-refractivity contribution in [1.82, 2.24) is 0 Å². The van der Waals surface area contributed by atoms with E-state index in [4.69, 9.17) is 0 Å². The van der Waals surface area contributed by atoms with Crippen molar-refractivity contribution in [3.05, 3.63) is 128 Å². The molecule has 5 bridgehead atoms. The lowest BCUT2D eigenvalue weighted by atomic mass is 9.53. The third kappa shape index (κ3) is 1.86. The van der Waals surface area contributed by atoms with Crippen LogP contribution in [0.25, 0.3) is 12.2 Å². The highest BCUT2D eigenvalue weighted by Gasteiger charge is 2.65. The fourth-order valence-corrected chi connectivity index (χ4v) is 7.53. The van der Waals surface area contributed by atoms with Gasteiger partial charge in [-0.05, 0) is 63.8 Å². The van der Waals surface area contributed by atoms with Crippen LogP contribution in [0.1, 0.15) is 33.6 Å². The number of benzene rings is 1. The van der Waals surface area contributed by atoms with E-state index in [-0.39, 0.29) is 22.9 Å². The van der Waals surface area contributed by atoms with Crippen molar-refractivity contribution in [1.29, 1.82) is 0 Å². The van der Waals surface area contributed by atoms with Gasteiger partial charge in [-0.1, -0.05) is 78.5 Å². The lowest BCUT2D eigenvalue weighted by Crippen LogP contribution is -2.43. The molecule has 156 valence electrons. The minimum Gasteiger partial charge on any atom is -0.293 e. The number of Topliss-reactive ketones (excluding diaryl/α,β-unsaturated/α-hetero) is 1. The van der Waals surface area contributed by atoms with Crippen LogP contribution in [0, 0.1) is 16.7 Å². The number of allylic oxidation sites excluding steroid dienone is 16. The second-order valence-corrected chi connectivity index (χ2v) is 10.1. The SMILES string of the molecule is O=C1C=CC=c2c1ccc1c2=CC=C2C34C5=CC=C6C=C(C=CC63)C[C@@]2(CC4=CC=C5)C1=O. The lowest BCUT2D eigenvalue weighted by Gasteiger charge is -2.48. The van der Waals surface area contributed by atoms with Crippen LogP contribution >= 0.6 is 0 Å². The first-order valence-electron chi connectivity index (χ1n) is 11.7. The fourth-order valence-electron chi connectivity index (χ4n) is 7.53. The van der Waals surface area contributed by atoms with E-state index < -0.39 is 5.41 Å². The lowest BCUT2D eigenvalue weighted by molar-refractivity contribution is 0.0841. The van der Waals surface area contributed by atoms with Gasteiger partial charge in [-0.3, -0.25) is 9.59 Å². The summed E-state index contributed by atoms with van der Waals surface area (Å²) in [6.45, 7) is 0. The van der Waals surface area contributed by atoms with Gasteiger partial charge in [-0.25, -0.2) is 0 Å². The molecule has 0 N–H and O–H groups in total. The minimum atomic E-state index is -0.598. The Morgan fingerprint density at radius 3 is 2.58 bits per heavy atom. The number of fused-ring (bicyclic) bond motifs is 3. The molecule has 2 unspecified atom stereocenters. The largest absolute Gasteiger partial charge is 0.293 e. The van der Waals surface area contributed by atoms with Crippen LogP contribution in [-0.4, -0.2) is 11.6 Å². The maximum Gasteiger partial charge on any atom is 0.186 e. The van der Waals surface area contributed by atoms with Crippen molar-refractivity contribution < 1.29 is 9.59 Å². The summed E-state index contributed by atoms with van der Waals surface area (Å²) in [5.74, 6) is 0.401. The summed E-state index contributed by atoms with van der Waals surface area (Å²) >= 11 is 0. The van der Waals surface area contributed by atoms with Crippen molar-refractivity contribution in [2.75, 3.05) is 0 Å². The Bertz CT molecular complexity index is 1640. The normalized spacial score (nSPS) is 33.1. The van der Waals surface area contributed by atoms with Crippen molar-refractivity contribution in [3.8, 4) is 0 Å². The van der Waals surface area contributed by atoms with Crippen LogP contribution in [0.4, 0.5) is 0 Å². The molecule has 1 fully saturated rings. The van der Waals surface area contributed by atoms with Crippen LogP contribution in [0.5, 0.6) is 0 Å². The van der Waals surface area contributed by atoms with E-state index in [1.807, 2.05) is 18.2 Å². The zero-order chi connectivity index (χ0) is 21.9. The van der Waals surface area contributed by atoms with Crippen LogP contribution in [-0.2, 0) is 0 Å². The number of rotatable bonds is 0. The smallest absolute Gasteiger partial charge is 0.186 e. The van der Waals surface area contributed by atoms with E-state index in [1.54, 1.807) is 12.2 Å². The Hall–Kier alpha value is -3.78. The van der Waals surface area contributed by atoms with Crippen LogP contribution in [0.2, 0.25) is 0 Å². The number of carbonyl (C=O) groups is 2. The molecule has 8 aliphatic rings. The molecule has 0 amide bonds. The van der Waals surface area contributed by atoms with Crippen LogP contribution in [0.3, 0.4) is 0 Å². The molecule has 0 radical (unpaired) electrons. The molecule has 1 saturated carbocycles. The van der Waals surface area contributed by atoms with Crippen molar-refractivity contribution >= 4 is 23.7 Å². The topological polar surface area (TPSA) is 34.1 Å². The number of hydrogen-bond acceptors (Lipinski definition) is 2. The molecule has 1 aromatic carbocycles. The van der Waals surface area contributed by atoms with E-state index in [1.165, 1.54) is 27.9 Å². The maximum atomic E-state index is 14.6. The minimum absolute atomic E-state index is 0.00165. The summed E-state index contributed by atoms with van der Waals surface area (Å²) in [5.41, 5.74) is 6.94. The summed E-state index contributed by atoms with van der Waals surface area (Å²) in [7, 11) is 0. The van der Waals surface area contributed by atoms with Crippen molar-refractivity contribution in [3.63, 3.8) is 0 Å². The third-order valence-electron chi connectivity index (χ3n) is 8.77. The Morgan fingerprint density at radius 2 is 1.64 bits per heavy atom. The highest BCUT2D eigenvalue weighted by molar-refractivity contribution is 6.10. The molecular formula is C31H20O2. The molecule has 33 heavy (non-hydrogen) atoms. The van der Waals surface area contributed by atoms with Crippen LogP contribution < -0.4 is 10.4 Å². The second-order valence-electron chi connectivity index (χ2n) is 10.1. The molecule has 3 atom stereocenters. The summed E-state index contributed by atoms with van der Waals surface area (Å²) in [4.78, 5) is 27.1. The Kier molecular flexibility index (Phi) is 3.00. The summed E-state index contributed by atoms with van der Waals surface area (Å²) in [6.07, 6.45) is 29.2. The predicted molar refractivity (Wildman–Crippen MR) is 129 cm³/mol. The quantitative estimate of drug-likeness (QED) is 0.620. The predicted octanol–water partition coefficient (Wildman–Crippen LogP) is 4.38. The van der Waals surface area contributed by atoms with E-state index in [0.717, 1.165) is 22.4 Å². The molecule has 0 saturated heterocycles. The monoisotopic (exact) mass is 424 g/mol. The second kappa shape index (κ2) is 5.58. The zero-order valence-corrected chi connectivity index (χ0v) is 18.0. The van der Waals surface area contributed by atoms with Crippen molar-refractivity contribution in [2.45, 2.75) is 12.8 Å². The van der Waals surface area contributed by atoms with Gasteiger partial charge in [0.15, 0.2) is 11.6 Å². The Balaban J connectivity index is 1.53. The van der Waals surface area contributed by atoms with E-state index in [2.05, 4.69) is 60.8 Å². The molecule has 2 nitrogen and oxygen atoms in total. The molecule has 9 rings (SSSR count). The first-order valence-corrected chi connectivity index (χ1v) is 11.7. The molecule has 1 spiro atoms. The molecule has 0 heterocycles. The number of carbonyl (C=O) groups excluding carboxylic acids is 2. The molecule has 0 aromatic heterocycles. The highest BCUT2D eigenvalue weighted by Crippen LogP contribution is 2.71. The highest BCUT2D eigenvalue weighted by atomic mass is 16.1. The Labute approximate surface area is 191 Å². The summed E-state index contributed by atoms with van der Waals surface area (Å²) in [5, 5.41) is 1.75. The van der Waals surface area contributed by atoms with E-state index >= 15 is 0 Å². The number of hydrogen-bond donors (Lipinski definition) is 0. The van der Waals surface area contributed by atoms with Gasteiger partial charge in [-0.15, -0.1) is 0 Å².